The largest absolute Gasteiger partial charge is 0.332 e. The Balaban J connectivity index is 1.99. The normalized spacial score (nSPS) is 10.8. The topological polar surface area (TPSA) is 87.3 Å². The predicted octanol–water partition coefficient (Wildman–Crippen LogP) is 2.93. The molecule has 26 heavy (non-hydrogen) atoms. The van der Waals surface area contributed by atoms with Crippen LogP contribution in [0.25, 0.3) is 0 Å². The van der Waals surface area contributed by atoms with Gasteiger partial charge in [-0.1, -0.05) is 23.7 Å². The summed E-state index contributed by atoms with van der Waals surface area (Å²) in [6.07, 6.45) is 1.45. The van der Waals surface area contributed by atoms with Gasteiger partial charge in [0.1, 0.15) is 0 Å². The summed E-state index contributed by atoms with van der Waals surface area (Å²) in [5.41, 5.74) is 0.903. The van der Waals surface area contributed by atoms with Gasteiger partial charge in [-0.3, -0.25) is 10.1 Å². The van der Waals surface area contributed by atoms with Crippen LogP contribution in [0.2, 0.25) is 5.02 Å². The molecule has 9 heteroatoms. The first-order valence-corrected chi connectivity index (χ1v) is 9.67. The molecule has 1 amide bonds. The van der Waals surface area contributed by atoms with Crippen molar-refractivity contribution >= 4 is 50.5 Å². The maximum atomic E-state index is 12.1. The molecule has 0 bridgehead atoms. The molecule has 0 saturated carbocycles. The molecule has 0 fully saturated rings. The molecule has 2 rings (SSSR count). The smallest absolute Gasteiger partial charge is 0.257 e. The molecule has 0 aliphatic rings. The van der Waals surface area contributed by atoms with Crippen LogP contribution in [-0.2, 0) is 10.0 Å². The number of hydrogen-bond donors (Lipinski definition) is 3. The van der Waals surface area contributed by atoms with Crippen LogP contribution in [0.15, 0.2) is 66.1 Å². The molecule has 3 N–H and O–H groups in total. The van der Waals surface area contributed by atoms with E-state index in [0.717, 1.165) is 0 Å². The zero-order chi connectivity index (χ0) is 19.2. The Morgan fingerprint density at radius 3 is 2.50 bits per heavy atom. The van der Waals surface area contributed by atoms with Crippen molar-refractivity contribution in [3.8, 4) is 0 Å². The van der Waals surface area contributed by atoms with Crippen molar-refractivity contribution in [1.29, 1.82) is 0 Å². The number of carbonyl (C=O) groups is 1. The minimum absolute atomic E-state index is 0.0790. The molecule has 0 saturated heterocycles. The summed E-state index contributed by atoms with van der Waals surface area (Å²) in [5.74, 6) is -0.405. The molecular weight excluding hydrogens is 394 g/mol. The number of sulfonamides is 1. The van der Waals surface area contributed by atoms with E-state index in [-0.39, 0.29) is 16.6 Å². The molecule has 0 aromatic heterocycles. The molecule has 0 unspecified atom stereocenters. The number of rotatable bonds is 6. The van der Waals surface area contributed by atoms with Gasteiger partial charge in [-0.05, 0) is 54.7 Å². The fraction of sp³-hybridized carbons (Fsp3) is 0.0588. The van der Waals surface area contributed by atoms with Gasteiger partial charge in [0.2, 0.25) is 10.0 Å². The highest BCUT2D eigenvalue weighted by atomic mass is 35.5. The van der Waals surface area contributed by atoms with Crippen LogP contribution in [0.3, 0.4) is 0 Å². The van der Waals surface area contributed by atoms with Gasteiger partial charge in [0.15, 0.2) is 5.11 Å². The van der Waals surface area contributed by atoms with Crippen LogP contribution >= 0.6 is 23.8 Å². The lowest BCUT2D eigenvalue weighted by Gasteiger charge is -2.11. The summed E-state index contributed by atoms with van der Waals surface area (Å²) in [6, 6.07) is 12.4. The maximum Gasteiger partial charge on any atom is 0.257 e. The summed E-state index contributed by atoms with van der Waals surface area (Å²) in [6.45, 7) is 3.60. The molecule has 0 atom stereocenters. The van der Waals surface area contributed by atoms with Crippen molar-refractivity contribution in [3.05, 3.63) is 71.8 Å². The van der Waals surface area contributed by atoms with Crippen molar-refractivity contribution in [1.82, 2.24) is 10.0 Å². The first-order valence-electron chi connectivity index (χ1n) is 7.40. The van der Waals surface area contributed by atoms with Gasteiger partial charge in [0.25, 0.3) is 5.91 Å². The minimum atomic E-state index is -3.59. The van der Waals surface area contributed by atoms with Gasteiger partial charge in [0, 0.05) is 22.8 Å². The maximum absolute atomic E-state index is 12.1. The highest BCUT2D eigenvalue weighted by Crippen LogP contribution is 2.14. The molecule has 0 spiro atoms. The van der Waals surface area contributed by atoms with Crippen molar-refractivity contribution in [2.75, 3.05) is 11.9 Å². The number of nitrogens with one attached hydrogen (secondary N) is 3. The zero-order valence-corrected chi connectivity index (χ0v) is 15.9. The van der Waals surface area contributed by atoms with E-state index in [9.17, 15) is 13.2 Å². The van der Waals surface area contributed by atoms with E-state index < -0.39 is 15.9 Å². The van der Waals surface area contributed by atoms with Gasteiger partial charge in [0.05, 0.1) is 4.90 Å². The molecule has 6 nitrogen and oxygen atoms in total. The van der Waals surface area contributed by atoms with Gasteiger partial charge < -0.3 is 5.32 Å². The highest BCUT2D eigenvalue weighted by Gasteiger charge is 2.13. The van der Waals surface area contributed by atoms with Crippen molar-refractivity contribution in [2.24, 2.45) is 0 Å². The highest BCUT2D eigenvalue weighted by molar-refractivity contribution is 7.89. The van der Waals surface area contributed by atoms with E-state index in [2.05, 4.69) is 21.9 Å². The Morgan fingerprint density at radius 1 is 1.19 bits per heavy atom. The van der Waals surface area contributed by atoms with Gasteiger partial charge in [-0.2, -0.15) is 0 Å². The Kier molecular flexibility index (Phi) is 6.87. The molecule has 0 heterocycles. The fourth-order valence-corrected chi connectivity index (χ4v) is 3.34. The van der Waals surface area contributed by atoms with Gasteiger partial charge >= 0.3 is 0 Å². The number of carbonyl (C=O) groups excluding carboxylic acids is 1. The van der Waals surface area contributed by atoms with Crippen molar-refractivity contribution in [2.45, 2.75) is 4.90 Å². The van der Waals surface area contributed by atoms with Crippen LogP contribution in [0.1, 0.15) is 10.4 Å². The standard InChI is InChI=1S/C17H16ClN3O3S2/c1-2-10-19-26(23,24)15-8-6-14(7-9-15)20-17(25)21-16(22)12-4-3-5-13(18)11-12/h2-9,11,19H,1,10H2,(H2,20,21,22,25). The number of benzene rings is 2. The third kappa shape index (κ3) is 5.63. The minimum Gasteiger partial charge on any atom is -0.332 e. The molecular formula is C17H16ClN3O3S2. The SMILES string of the molecule is C=CCNS(=O)(=O)c1ccc(NC(=S)NC(=O)c2cccc(Cl)c2)cc1. The van der Waals surface area contributed by atoms with E-state index in [1.807, 2.05) is 0 Å². The van der Waals surface area contributed by atoms with Gasteiger partial charge in [-0.15, -0.1) is 6.58 Å². The van der Waals surface area contributed by atoms with Crippen molar-refractivity contribution in [3.63, 3.8) is 0 Å². The average Bonchev–Trinajstić information content (AvgIpc) is 2.60. The van der Waals surface area contributed by atoms with Crippen LogP contribution < -0.4 is 15.4 Å². The van der Waals surface area contributed by atoms with E-state index in [4.69, 9.17) is 23.8 Å². The summed E-state index contributed by atoms with van der Waals surface area (Å²) in [4.78, 5) is 12.2. The van der Waals surface area contributed by atoms with E-state index >= 15 is 0 Å². The number of anilines is 1. The Labute approximate surface area is 162 Å². The van der Waals surface area contributed by atoms with Crippen LogP contribution in [0.4, 0.5) is 5.69 Å². The second-order valence-corrected chi connectivity index (χ2v) is 7.70. The molecule has 0 radical (unpaired) electrons. The van der Waals surface area contributed by atoms with Crippen LogP contribution in [0, 0.1) is 0 Å². The first-order chi connectivity index (χ1) is 12.3. The lowest BCUT2D eigenvalue weighted by atomic mass is 10.2. The predicted molar refractivity (Wildman–Crippen MR) is 107 cm³/mol. The zero-order valence-electron chi connectivity index (χ0n) is 13.5. The molecule has 2 aromatic carbocycles. The van der Waals surface area contributed by atoms with Crippen LogP contribution in [-0.4, -0.2) is 26.0 Å². The van der Waals surface area contributed by atoms with E-state index in [0.29, 0.717) is 16.3 Å². The second kappa shape index (κ2) is 8.91. The Morgan fingerprint density at radius 2 is 1.88 bits per heavy atom. The molecule has 0 aliphatic heterocycles. The number of thiocarbonyl (C=S) groups is 1. The quantitative estimate of drug-likeness (QED) is 0.504. The first kappa shape index (κ1) is 20.1. The molecule has 0 aliphatic carbocycles. The summed E-state index contributed by atoms with van der Waals surface area (Å²) < 4.78 is 26.3. The lowest BCUT2D eigenvalue weighted by molar-refractivity contribution is 0.0977. The number of halogens is 1. The summed E-state index contributed by atoms with van der Waals surface area (Å²) >= 11 is 10.9. The monoisotopic (exact) mass is 409 g/mol. The summed E-state index contributed by atoms with van der Waals surface area (Å²) in [7, 11) is -3.59. The van der Waals surface area contributed by atoms with E-state index in [1.54, 1.807) is 30.3 Å². The lowest BCUT2D eigenvalue weighted by Crippen LogP contribution is -2.34. The summed E-state index contributed by atoms with van der Waals surface area (Å²) in [5, 5.41) is 5.86. The second-order valence-electron chi connectivity index (χ2n) is 5.08. The third-order valence-corrected chi connectivity index (χ3v) is 5.03. The number of amides is 1. The Bertz CT molecular complexity index is 929. The third-order valence-electron chi connectivity index (χ3n) is 3.15. The fourth-order valence-electron chi connectivity index (χ4n) is 1.94. The van der Waals surface area contributed by atoms with Gasteiger partial charge in [-0.25, -0.2) is 13.1 Å². The Hall–Kier alpha value is -2.26. The van der Waals surface area contributed by atoms with Crippen LogP contribution in [0.5, 0.6) is 0 Å². The van der Waals surface area contributed by atoms with E-state index in [1.165, 1.54) is 24.3 Å². The number of hydrogen-bond acceptors (Lipinski definition) is 4. The van der Waals surface area contributed by atoms with Crippen molar-refractivity contribution < 1.29 is 13.2 Å². The average molecular weight is 410 g/mol. The molecule has 136 valence electrons. The molecule has 2 aromatic rings.